The van der Waals surface area contributed by atoms with E-state index in [2.05, 4.69) is 19.3 Å². The van der Waals surface area contributed by atoms with Gasteiger partial charge in [0.25, 0.3) is 0 Å². The van der Waals surface area contributed by atoms with Crippen molar-refractivity contribution in [2.24, 2.45) is 17.2 Å². The normalized spacial score (nSPS) is 29.4. The van der Waals surface area contributed by atoms with Gasteiger partial charge in [-0.15, -0.1) is 0 Å². The lowest BCUT2D eigenvalue weighted by atomic mass is 10.1. The van der Waals surface area contributed by atoms with Gasteiger partial charge in [0.2, 0.25) is 5.91 Å². The van der Waals surface area contributed by atoms with Crippen LogP contribution in [0, 0.1) is 11.3 Å². The van der Waals surface area contributed by atoms with Crippen LogP contribution in [-0.4, -0.2) is 5.91 Å². The average Bonchev–Trinajstić information content (AvgIpc) is 2.38. The summed E-state index contributed by atoms with van der Waals surface area (Å²) in [7, 11) is 0. The Balaban J connectivity index is 2.42. The van der Waals surface area contributed by atoms with Gasteiger partial charge in [0, 0.05) is 5.92 Å². The SMILES string of the molecule is CC1(C)C[C@@H]1C(=O)NN. The second-order valence-electron chi connectivity index (χ2n) is 3.25. The van der Waals surface area contributed by atoms with Crippen LogP contribution in [0.15, 0.2) is 0 Å². The molecule has 0 unspecified atom stereocenters. The maximum Gasteiger partial charge on any atom is 0.237 e. The average molecular weight is 128 g/mol. The van der Waals surface area contributed by atoms with Gasteiger partial charge in [0.05, 0.1) is 0 Å². The van der Waals surface area contributed by atoms with Crippen molar-refractivity contribution in [1.82, 2.24) is 5.43 Å². The Bertz CT molecular complexity index is 142. The van der Waals surface area contributed by atoms with Crippen LogP contribution in [0.5, 0.6) is 0 Å². The van der Waals surface area contributed by atoms with Crippen LogP contribution in [-0.2, 0) is 4.79 Å². The van der Waals surface area contributed by atoms with Gasteiger partial charge in [-0.2, -0.15) is 0 Å². The molecular formula is C6H12N2O. The first-order valence-electron chi connectivity index (χ1n) is 3.08. The highest BCUT2D eigenvalue weighted by molar-refractivity contribution is 5.81. The van der Waals surface area contributed by atoms with Gasteiger partial charge in [0.15, 0.2) is 0 Å². The van der Waals surface area contributed by atoms with Crippen molar-refractivity contribution in [3.8, 4) is 0 Å². The molecule has 0 aromatic rings. The summed E-state index contributed by atoms with van der Waals surface area (Å²) >= 11 is 0. The minimum Gasteiger partial charge on any atom is -0.294 e. The van der Waals surface area contributed by atoms with Crippen molar-refractivity contribution in [2.45, 2.75) is 20.3 Å². The molecule has 1 rings (SSSR count). The molecule has 1 fully saturated rings. The smallest absolute Gasteiger partial charge is 0.237 e. The number of hydrogen-bond acceptors (Lipinski definition) is 2. The lowest BCUT2D eigenvalue weighted by molar-refractivity contribution is -0.123. The molecule has 0 saturated heterocycles. The van der Waals surface area contributed by atoms with Crippen LogP contribution >= 0.6 is 0 Å². The van der Waals surface area contributed by atoms with Crippen molar-refractivity contribution < 1.29 is 4.79 Å². The van der Waals surface area contributed by atoms with Crippen LogP contribution in [0.1, 0.15) is 20.3 Å². The van der Waals surface area contributed by atoms with Crippen molar-refractivity contribution >= 4 is 5.91 Å². The van der Waals surface area contributed by atoms with E-state index in [1.807, 2.05) is 0 Å². The van der Waals surface area contributed by atoms with E-state index < -0.39 is 0 Å². The molecule has 3 heteroatoms. The zero-order valence-electron chi connectivity index (χ0n) is 5.77. The number of hydrogen-bond donors (Lipinski definition) is 2. The van der Waals surface area contributed by atoms with Crippen molar-refractivity contribution in [3.05, 3.63) is 0 Å². The number of carbonyl (C=O) groups excluding carboxylic acids is 1. The van der Waals surface area contributed by atoms with E-state index >= 15 is 0 Å². The van der Waals surface area contributed by atoms with Crippen LogP contribution in [0.3, 0.4) is 0 Å². The van der Waals surface area contributed by atoms with Crippen LogP contribution < -0.4 is 11.3 Å². The van der Waals surface area contributed by atoms with Crippen LogP contribution in [0.4, 0.5) is 0 Å². The molecule has 52 valence electrons. The summed E-state index contributed by atoms with van der Waals surface area (Å²) in [6, 6.07) is 0. The third kappa shape index (κ3) is 1.05. The summed E-state index contributed by atoms with van der Waals surface area (Å²) in [5, 5.41) is 0. The van der Waals surface area contributed by atoms with Gasteiger partial charge in [0.1, 0.15) is 0 Å². The Morgan fingerprint density at radius 2 is 2.22 bits per heavy atom. The fourth-order valence-corrected chi connectivity index (χ4v) is 1.02. The lowest BCUT2D eigenvalue weighted by Crippen LogP contribution is -2.32. The molecule has 0 aromatic carbocycles. The maximum atomic E-state index is 10.8. The predicted molar refractivity (Wildman–Crippen MR) is 34.2 cm³/mol. The molecule has 0 radical (unpaired) electrons. The zero-order chi connectivity index (χ0) is 7.07. The summed E-state index contributed by atoms with van der Waals surface area (Å²) in [6.45, 7) is 4.12. The Morgan fingerprint density at radius 1 is 1.78 bits per heavy atom. The molecule has 1 atom stereocenters. The largest absolute Gasteiger partial charge is 0.294 e. The van der Waals surface area contributed by atoms with E-state index in [1.165, 1.54) is 0 Å². The van der Waals surface area contributed by atoms with Gasteiger partial charge in [-0.05, 0) is 11.8 Å². The summed E-state index contributed by atoms with van der Waals surface area (Å²) in [6.07, 6.45) is 0.968. The Labute approximate surface area is 54.6 Å². The molecular weight excluding hydrogens is 116 g/mol. The van der Waals surface area contributed by atoms with Crippen LogP contribution in [0.2, 0.25) is 0 Å². The van der Waals surface area contributed by atoms with Gasteiger partial charge in [-0.1, -0.05) is 13.8 Å². The Kier molecular flexibility index (Phi) is 1.24. The first-order chi connectivity index (χ1) is 4.08. The number of rotatable bonds is 1. The summed E-state index contributed by atoms with van der Waals surface area (Å²) < 4.78 is 0. The van der Waals surface area contributed by atoms with Gasteiger partial charge in [-0.25, -0.2) is 5.84 Å². The number of amides is 1. The minimum atomic E-state index is -0.0278. The lowest BCUT2D eigenvalue weighted by Gasteiger charge is -1.99. The number of carbonyl (C=O) groups is 1. The van der Waals surface area contributed by atoms with E-state index in [-0.39, 0.29) is 17.2 Å². The number of hydrazine groups is 1. The number of nitrogens with one attached hydrogen (secondary N) is 1. The standard InChI is InChI=1S/C6H12N2O/c1-6(2)3-4(6)5(9)8-7/h4H,3,7H2,1-2H3,(H,8,9)/t4-/m1/s1. The molecule has 0 spiro atoms. The Hall–Kier alpha value is -0.570. The molecule has 1 aliphatic rings. The summed E-state index contributed by atoms with van der Waals surface area (Å²) in [5.41, 5.74) is 2.34. The first-order valence-corrected chi connectivity index (χ1v) is 3.08. The fraction of sp³-hybridized carbons (Fsp3) is 0.833. The van der Waals surface area contributed by atoms with E-state index in [1.54, 1.807) is 0 Å². The molecule has 3 N–H and O–H groups in total. The predicted octanol–water partition coefficient (Wildman–Crippen LogP) is 0.0224. The first kappa shape index (κ1) is 6.55. The molecule has 1 saturated carbocycles. The van der Waals surface area contributed by atoms with Crippen molar-refractivity contribution in [3.63, 3.8) is 0 Å². The zero-order valence-corrected chi connectivity index (χ0v) is 5.77. The van der Waals surface area contributed by atoms with E-state index in [0.29, 0.717) is 0 Å². The van der Waals surface area contributed by atoms with E-state index in [0.717, 1.165) is 6.42 Å². The van der Waals surface area contributed by atoms with Gasteiger partial charge < -0.3 is 0 Å². The second kappa shape index (κ2) is 1.70. The highest BCUT2D eigenvalue weighted by atomic mass is 16.2. The quantitative estimate of drug-likeness (QED) is 0.297. The van der Waals surface area contributed by atoms with Crippen molar-refractivity contribution in [1.29, 1.82) is 0 Å². The highest BCUT2D eigenvalue weighted by Crippen LogP contribution is 2.51. The second-order valence-corrected chi connectivity index (χ2v) is 3.25. The molecule has 9 heavy (non-hydrogen) atoms. The minimum absolute atomic E-state index is 0.0278. The van der Waals surface area contributed by atoms with Crippen LogP contribution in [0.25, 0.3) is 0 Å². The van der Waals surface area contributed by atoms with Gasteiger partial charge in [-0.3, -0.25) is 10.2 Å². The molecule has 0 heterocycles. The molecule has 0 aromatic heterocycles. The number of nitrogens with two attached hydrogens (primary N) is 1. The summed E-state index contributed by atoms with van der Waals surface area (Å²) in [5.74, 6) is 5.06. The Morgan fingerprint density at radius 3 is 2.33 bits per heavy atom. The van der Waals surface area contributed by atoms with E-state index in [9.17, 15) is 4.79 Å². The van der Waals surface area contributed by atoms with Gasteiger partial charge >= 0.3 is 0 Å². The monoisotopic (exact) mass is 128 g/mol. The fourth-order valence-electron chi connectivity index (χ4n) is 1.02. The van der Waals surface area contributed by atoms with Crippen molar-refractivity contribution in [2.75, 3.05) is 0 Å². The molecule has 3 nitrogen and oxygen atoms in total. The molecule has 1 aliphatic carbocycles. The topological polar surface area (TPSA) is 55.1 Å². The molecule has 0 bridgehead atoms. The maximum absolute atomic E-state index is 10.8. The van der Waals surface area contributed by atoms with E-state index in [4.69, 9.17) is 5.84 Å². The highest BCUT2D eigenvalue weighted by Gasteiger charge is 2.50. The third-order valence-corrected chi connectivity index (χ3v) is 1.97. The third-order valence-electron chi connectivity index (χ3n) is 1.97. The molecule has 1 amide bonds. The summed E-state index contributed by atoms with van der Waals surface area (Å²) in [4.78, 5) is 10.8. The molecule has 0 aliphatic heterocycles.